The van der Waals surface area contributed by atoms with Gasteiger partial charge in [-0.15, -0.1) is 0 Å². The minimum Gasteiger partial charge on any atom is -0.481 e. The van der Waals surface area contributed by atoms with Gasteiger partial charge >= 0.3 is 5.97 Å². The molecule has 0 unspecified atom stereocenters. The number of hydrogen-bond acceptors (Lipinski definition) is 4. The van der Waals surface area contributed by atoms with E-state index in [-0.39, 0.29) is 12.3 Å². The first-order valence-electron chi connectivity index (χ1n) is 13.1. The summed E-state index contributed by atoms with van der Waals surface area (Å²) in [5.41, 5.74) is 5.52. The van der Waals surface area contributed by atoms with E-state index >= 15 is 0 Å². The minimum atomic E-state index is -0.808. The Kier molecular flexibility index (Phi) is 7.99. The standard InChI is InChI=1S/C31H30ClN3O3/c32-25-11-5-4-10-24(25)30-27(12-6-7-13-29(36)37)33-28-20-23(14-15-26(28)34-30)31(38)35-18-16-22(17-19-35)21-8-2-1-3-9-21/h1-5,8-11,14-15,20,22H,6-7,12-13,16-19H2,(H,36,37). The summed E-state index contributed by atoms with van der Waals surface area (Å²) in [5, 5.41) is 9.58. The first-order valence-corrected chi connectivity index (χ1v) is 13.5. The monoisotopic (exact) mass is 527 g/mol. The van der Waals surface area contributed by atoms with Crippen molar-refractivity contribution in [2.75, 3.05) is 13.1 Å². The van der Waals surface area contributed by atoms with Gasteiger partial charge in [-0.3, -0.25) is 9.59 Å². The normalized spacial score (nSPS) is 14.1. The Morgan fingerprint density at radius 2 is 1.63 bits per heavy atom. The summed E-state index contributed by atoms with van der Waals surface area (Å²) in [7, 11) is 0. The van der Waals surface area contributed by atoms with Crippen molar-refractivity contribution in [2.24, 2.45) is 0 Å². The number of piperidine rings is 1. The second-order valence-corrected chi connectivity index (χ2v) is 10.2. The number of rotatable bonds is 8. The third-order valence-electron chi connectivity index (χ3n) is 7.22. The largest absolute Gasteiger partial charge is 0.481 e. The lowest BCUT2D eigenvalue weighted by Crippen LogP contribution is -2.37. The molecule has 4 aromatic rings. The summed E-state index contributed by atoms with van der Waals surface area (Å²) < 4.78 is 0. The van der Waals surface area contributed by atoms with Crippen molar-refractivity contribution >= 4 is 34.5 Å². The van der Waals surface area contributed by atoms with Crippen LogP contribution in [0.2, 0.25) is 5.02 Å². The number of hydrogen-bond donors (Lipinski definition) is 1. The lowest BCUT2D eigenvalue weighted by atomic mass is 9.89. The van der Waals surface area contributed by atoms with Crippen LogP contribution >= 0.6 is 11.6 Å². The molecule has 0 atom stereocenters. The van der Waals surface area contributed by atoms with Gasteiger partial charge in [0.05, 0.1) is 27.4 Å². The molecule has 0 bridgehead atoms. The first-order chi connectivity index (χ1) is 18.5. The van der Waals surface area contributed by atoms with Gasteiger partial charge in [-0.25, -0.2) is 9.97 Å². The van der Waals surface area contributed by atoms with E-state index in [9.17, 15) is 9.59 Å². The molecule has 0 spiro atoms. The number of carbonyl (C=O) groups is 2. The summed E-state index contributed by atoms with van der Waals surface area (Å²) in [6, 6.07) is 23.5. The van der Waals surface area contributed by atoms with Crippen LogP contribution in [-0.4, -0.2) is 44.9 Å². The fraction of sp³-hybridized carbons (Fsp3) is 0.290. The Morgan fingerprint density at radius 1 is 0.895 bits per heavy atom. The van der Waals surface area contributed by atoms with E-state index < -0.39 is 5.97 Å². The molecular weight excluding hydrogens is 498 g/mol. The van der Waals surface area contributed by atoms with Crippen molar-refractivity contribution < 1.29 is 14.7 Å². The Morgan fingerprint density at radius 3 is 2.37 bits per heavy atom. The number of aryl methyl sites for hydroxylation is 1. The summed E-state index contributed by atoms with van der Waals surface area (Å²) >= 11 is 6.49. The highest BCUT2D eigenvalue weighted by Gasteiger charge is 2.25. The summed E-state index contributed by atoms with van der Waals surface area (Å²) in [6.45, 7) is 1.45. The van der Waals surface area contributed by atoms with Crippen LogP contribution in [0.4, 0.5) is 0 Å². The number of likely N-dealkylation sites (tertiary alicyclic amines) is 1. The van der Waals surface area contributed by atoms with Crippen molar-refractivity contribution in [2.45, 2.75) is 44.4 Å². The van der Waals surface area contributed by atoms with Crippen LogP contribution in [0.15, 0.2) is 72.8 Å². The third kappa shape index (κ3) is 5.86. The van der Waals surface area contributed by atoms with Crippen molar-refractivity contribution in [3.63, 3.8) is 0 Å². The molecule has 0 saturated carbocycles. The molecule has 194 valence electrons. The summed E-state index contributed by atoms with van der Waals surface area (Å²) in [5.74, 6) is -0.315. The number of halogens is 1. The fourth-order valence-corrected chi connectivity index (χ4v) is 5.38. The van der Waals surface area contributed by atoms with Crippen molar-refractivity contribution in [3.05, 3.63) is 94.6 Å². The Bertz CT molecular complexity index is 1450. The van der Waals surface area contributed by atoms with Gasteiger partial charge in [0.25, 0.3) is 5.91 Å². The maximum atomic E-state index is 13.4. The van der Waals surface area contributed by atoms with Crippen LogP contribution in [0.5, 0.6) is 0 Å². The summed E-state index contributed by atoms with van der Waals surface area (Å²) in [6.07, 6.45) is 3.80. The van der Waals surface area contributed by atoms with Crippen molar-refractivity contribution in [1.29, 1.82) is 0 Å². The number of aliphatic carboxylic acids is 1. The molecule has 6 nitrogen and oxygen atoms in total. The lowest BCUT2D eigenvalue weighted by molar-refractivity contribution is -0.137. The van der Waals surface area contributed by atoms with E-state index in [0.717, 1.165) is 37.2 Å². The molecule has 1 amide bonds. The van der Waals surface area contributed by atoms with E-state index in [1.54, 1.807) is 0 Å². The quantitative estimate of drug-likeness (QED) is 0.256. The van der Waals surface area contributed by atoms with Crippen LogP contribution in [0.1, 0.15) is 59.6 Å². The molecule has 7 heteroatoms. The number of benzene rings is 3. The van der Waals surface area contributed by atoms with E-state index in [0.29, 0.717) is 52.5 Å². The predicted molar refractivity (Wildman–Crippen MR) is 149 cm³/mol. The molecule has 1 fully saturated rings. The average Bonchev–Trinajstić information content (AvgIpc) is 2.95. The first kappa shape index (κ1) is 25.9. The van der Waals surface area contributed by atoms with Crippen molar-refractivity contribution in [3.8, 4) is 11.3 Å². The second kappa shape index (κ2) is 11.7. The summed E-state index contributed by atoms with van der Waals surface area (Å²) in [4.78, 5) is 36.1. The molecule has 1 aliphatic rings. The van der Waals surface area contributed by atoms with Crippen LogP contribution in [0, 0.1) is 0 Å². The highest BCUT2D eigenvalue weighted by Crippen LogP contribution is 2.32. The Balaban J connectivity index is 1.39. The molecule has 0 aliphatic carbocycles. The number of nitrogens with zero attached hydrogens (tertiary/aromatic N) is 3. The molecular formula is C31H30ClN3O3. The number of unbranched alkanes of at least 4 members (excludes halogenated alkanes) is 1. The molecule has 1 aliphatic heterocycles. The lowest BCUT2D eigenvalue weighted by Gasteiger charge is -2.32. The van der Waals surface area contributed by atoms with E-state index in [4.69, 9.17) is 26.7 Å². The zero-order chi connectivity index (χ0) is 26.5. The topological polar surface area (TPSA) is 83.4 Å². The van der Waals surface area contributed by atoms with Crippen LogP contribution < -0.4 is 0 Å². The second-order valence-electron chi connectivity index (χ2n) is 9.78. The van der Waals surface area contributed by atoms with Gasteiger partial charge in [-0.05, 0) is 67.9 Å². The SMILES string of the molecule is O=C(O)CCCCc1nc2cc(C(=O)N3CCC(c4ccccc4)CC3)ccc2nc1-c1ccccc1Cl. The molecule has 38 heavy (non-hydrogen) atoms. The number of amides is 1. The van der Waals surface area contributed by atoms with Crippen LogP contribution in [0.25, 0.3) is 22.3 Å². The molecule has 3 aromatic carbocycles. The van der Waals surface area contributed by atoms with Gasteiger partial charge in [-0.2, -0.15) is 0 Å². The fourth-order valence-electron chi connectivity index (χ4n) is 5.16. The number of carboxylic acids is 1. The zero-order valence-corrected chi connectivity index (χ0v) is 21.9. The van der Waals surface area contributed by atoms with Gasteiger partial charge in [0.15, 0.2) is 0 Å². The van der Waals surface area contributed by atoms with E-state index in [2.05, 4.69) is 24.3 Å². The average molecular weight is 528 g/mol. The maximum absolute atomic E-state index is 13.4. The number of carbonyl (C=O) groups excluding carboxylic acids is 1. The van der Waals surface area contributed by atoms with Gasteiger partial charge < -0.3 is 10.0 Å². The number of fused-ring (bicyclic) bond motifs is 1. The van der Waals surface area contributed by atoms with Crippen molar-refractivity contribution in [1.82, 2.24) is 14.9 Å². The van der Waals surface area contributed by atoms with E-state index in [1.807, 2.05) is 53.4 Å². The Labute approximate surface area is 227 Å². The van der Waals surface area contributed by atoms with Gasteiger partial charge in [0, 0.05) is 30.6 Å². The minimum absolute atomic E-state index is 0.0124. The molecule has 1 N–H and O–H groups in total. The third-order valence-corrected chi connectivity index (χ3v) is 7.55. The Hall–Kier alpha value is -3.77. The molecule has 1 aromatic heterocycles. The van der Waals surface area contributed by atoms with Gasteiger partial charge in [-0.1, -0.05) is 60.1 Å². The van der Waals surface area contributed by atoms with Crippen LogP contribution in [-0.2, 0) is 11.2 Å². The molecule has 0 radical (unpaired) electrons. The predicted octanol–water partition coefficient (Wildman–Crippen LogP) is 6.77. The molecule has 5 rings (SSSR count). The van der Waals surface area contributed by atoms with E-state index in [1.165, 1.54) is 5.56 Å². The molecule has 1 saturated heterocycles. The van der Waals surface area contributed by atoms with Crippen LogP contribution in [0.3, 0.4) is 0 Å². The smallest absolute Gasteiger partial charge is 0.303 e. The van der Waals surface area contributed by atoms with Gasteiger partial charge in [0.2, 0.25) is 0 Å². The zero-order valence-electron chi connectivity index (χ0n) is 21.1. The highest BCUT2D eigenvalue weighted by molar-refractivity contribution is 6.33. The van der Waals surface area contributed by atoms with Gasteiger partial charge in [0.1, 0.15) is 0 Å². The molecule has 2 heterocycles. The number of aromatic nitrogens is 2. The highest BCUT2D eigenvalue weighted by atomic mass is 35.5. The number of carboxylic acid groups (broad SMARTS) is 1. The maximum Gasteiger partial charge on any atom is 0.303 e.